The SMILES string of the molecule is Cc1cc(C)n(-c2cc(N3C[C@H]4C[C@@H]3CN4C(=O)O)nc(S(C)(=O)=O)n2)n1. The molecular weight excluding hydrogens is 372 g/mol. The number of hydrogen-bond donors (Lipinski definition) is 1. The fourth-order valence-electron chi connectivity index (χ4n) is 3.87. The Hall–Kier alpha value is -2.69. The highest BCUT2D eigenvalue weighted by atomic mass is 32.2. The average molecular weight is 392 g/mol. The second-order valence-corrected chi connectivity index (χ2v) is 9.02. The lowest BCUT2D eigenvalue weighted by atomic mass is 10.2. The highest BCUT2D eigenvalue weighted by Gasteiger charge is 2.46. The van der Waals surface area contributed by atoms with Crippen molar-refractivity contribution in [2.24, 2.45) is 0 Å². The lowest BCUT2D eigenvalue weighted by Crippen LogP contribution is -2.48. The number of carboxylic acid groups (broad SMARTS) is 1. The van der Waals surface area contributed by atoms with Crippen LogP contribution in [0.5, 0.6) is 0 Å². The molecule has 2 saturated heterocycles. The predicted octanol–water partition coefficient (Wildman–Crippen LogP) is 0.624. The van der Waals surface area contributed by atoms with Gasteiger partial charge in [-0.25, -0.2) is 22.9 Å². The molecule has 2 aliphatic heterocycles. The Labute approximate surface area is 156 Å². The van der Waals surface area contributed by atoms with Crippen LogP contribution in [-0.4, -0.2) is 75.7 Å². The van der Waals surface area contributed by atoms with Crippen LogP contribution in [0, 0.1) is 13.8 Å². The molecule has 2 bridgehead atoms. The molecule has 10 nitrogen and oxygen atoms in total. The maximum atomic E-state index is 12.1. The minimum Gasteiger partial charge on any atom is -0.465 e. The third-order valence-corrected chi connectivity index (χ3v) is 5.86. The smallest absolute Gasteiger partial charge is 0.407 e. The van der Waals surface area contributed by atoms with Gasteiger partial charge in [0.25, 0.3) is 5.16 Å². The van der Waals surface area contributed by atoms with Crippen molar-refractivity contribution in [1.82, 2.24) is 24.6 Å². The van der Waals surface area contributed by atoms with Gasteiger partial charge in [0.15, 0.2) is 5.82 Å². The molecule has 4 rings (SSSR count). The van der Waals surface area contributed by atoms with Crippen LogP contribution < -0.4 is 4.90 Å². The van der Waals surface area contributed by atoms with Gasteiger partial charge in [0.2, 0.25) is 9.84 Å². The zero-order chi connectivity index (χ0) is 19.5. The maximum Gasteiger partial charge on any atom is 0.407 e. The van der Waals surface area contributed by atoms with Crippen LogP contribution >= 0.6 is 0 Å². The first-order chi connectivity index (χ1) is 12.6. The molecule has 0 saturated carbocycles. The largest absolute Gasteiger partial charge is 0.465 e. The monoisotopic (exact) mass is 392 g/mol. The molecule has 27 heavy (non-hydrogen) atoms. The number of anilines is 1. The van der Waals surface area contributed by atoms with E-state index in [1.807, 2.05) is 24.8 Å². The van der Waals surface area contributed by atoms with E-state index < -0.39 is 15.9 Å². The third-order valence-electron chi connectivity index (χ3n) is 5.02. The molecule has 2 fully saturated rings. The van der Waals surface area contributed by atoms with Crippen molar-refractivity contribution in [3.63, 3.8) is 0 Å². The molecule has 4 heterocycles. The van der Waals surface area contributed by atoms with Crippen molar-refractivity contribution in [2.75, 3.05) is 24.2 Å². The van der Waals surface area contributed by atoms with Crippen molar-refractivity contribution < 1.29 is 18.3 Å². The first kappa shape index (κ1) is 17.7. The summed E-state index contributed by atoms with van der Waals surface area (Å²) in [4.78, 5) is 23.1. The lowest BCUT2D eigenvalue weighted by molar-refractivity contribution is 0.137. The minimum atomic E-state index is -3.62. The summed E-state index contributed by atoms with van der Waals surface area (Å²) in [5.74, 6) is 0.856. The molecule has 2 atom stereocenters. The lowest BCUT2D eigenvalue weighted by Gasteiger charge is -2.33. The summed E-state index contributed by atoms with van der Waals surface area (Å²) in [6.07, 6.45) is 0.851. The van der Waals surface area contributed by atoms with E-state index in [0.717, 1.165) is 17.6 Å². The van der Waals surface area contributed by atoms with Gasteiger partial charge in [-0.2, -0.15) is 10.1 Å². The number of fused-ring (bicyclic) bond motifs is 2. The van der Waals surface area contributed by atoms with Gasteiger partial charge in [0, 0.05) is 31.1 Å². The van der Waals surface area contributed by atoms with E-state index in [1.165, 1.54) is 4.90 Å². The van der Waals surface area contributed by atoms with Crippen LogP contribution in [0.3, 0.4) is 0 Å². The molecular formula is C16H20N6O4S. The highest BCUT2D eigenvalue weighted by molar-refractivity contribution is 7.90. The summed E-state index contributed by atoms with van der Waals surface area (Å²) in [5.41, 5.74) is 1.63. The molecule has 11 heteroatoms. The Morgan fingerprint density at radius 2 is 1.85 bits per heavy atom. The van der Waals surface area contributed by atoms with Gasteiger partial charge >= 0.3 is 6.09 Å². The van der Waals surface area contributed by atoms with Crippen LogP contribution in [0.2, 0.25) is 0 Å². The topological polar surface area (TPSA) is 122 Å². The molecule has 144 valence electrons. The van der Waals surface area contributed by atoms with Gasteiger partial charge in [0.05, 0.1) is 17.8 Å². The number of nitrogens with zero attached hydrogens (tertiary/aromatic N) is 6. The molecule has 0 aliphatic carbocycles. The number of carbonyl (C=O) groups is 1. The quantitative estimate of drug-likeness (QED) is 0.755. The minimum absolute atomic E-state index is 0.0262. The van der Waals surface area contributed by atoms with Crippen LogP contribution in [0.15, 0.2) is 17.3 Å². The average Bonchev–Trinajstić information content (AvgIpc) is 3.27. The first-order valence-electron chi connectivity index (χ1n) is 8.52. The summed E-state index contributed by atoms with van der Waals surface area (Å²) in [7, 11) is -3.62. The van der Waals surface area contributed by atoms with E-state index in [-0.39, 0.29) is 17.2 Å². The predicted molar refractivity (Wildman–Crippen MR) is 96.0 cm³/mol. The number of hydrogen-bond acceptors (Lipinski definition) is 7. The molecule has 2 aromatic heterocycles. The Bertz CT molecular complexity index is 1030. The molecule has 1 N–H and O–H groups in total. The number of piperazine rings is 1. The van der Waals surface area contributed by atoms with E-state index in [4.69, 9.17) is 0 Å². The molecule has 2 aromatic rings. The zero-order valence-electron chi connectivity index (χ0n) is 15.2. The van der Waals surface area contributed by atoms with Gasteiger partial charge in [-0.15, -0.1) is 0 Å². The standard InChI is InChI=1S/C16H20N6O4S/c1-9-4-10(2)22(19-9)14-6-13(17-15(18-14)27(3,25)26)20-7-12-5-11(20)8-21(12)16(23)24/h4,6,11-12H,5,7-8H2,1-3H3,(H,23,24)/t11-,12-/m1/s1. The zero-order valence-corrected chi connectivity index (χ0v) is 16.0. The Balaban J connectivity index is 1.77. The van der Waals surface area contributed by atoms with Crippen molar-refractivity contribution in [3.05, 3.63) is 23.5 Å². The third kappa shape index (κ3) is 3.01. The second-order valence-electron chi connectivity index (χ2n) is 7.11. The molecule has 0 aromatic carbocycles. The van der Waals surface area contributed by atoms with Crippen molar-refractivity contribution in [3.8, 4) is 5.82 Å². The van der Waals surface area contributed by atoms with E-state index in [0.29, 0.717) is 31.1 Å². The summed E-state index contributed by atoms with van der Waals surface area (Å²) in [6, 6.07) is 3.45. The highest BCUT2D eigenvalue weighted by Crippen LogP contribution is 2.34. The Morgan fingerprint density at radius 1 is 1.15 bits per heavy atom. The summed E-state index contributed by atoms with van der Waals surface area (Å²) in [6.45, 7) is 4.58. The number of aryl methyl sites for hydroxylation is 2. The van der Waals surface area contributed by atoms with E-state index in [2.05, 4.69) is 15.1 Å². The Kier molecular flexibility index (Phi) is 3.88. The summed E-state index contributed by atoms with van der Waals surface area (Å²) < 4.78 is 25.8. The van der Waals surface area contributed by atoms with Gasteiger partial charge in [0.1, 0.15) is 5.82 Å². The van der Waals surface area contributed by atoms with Crippen LogP contribution in [0.4, 0.5) is 10.6 Å². The number of rotatable bonds is 3. The summed E-state index contributed by atoms with van der Waals surface area (Å²) >= 11 is 0. The fourth-order valence-corrected chi connectivity index (χ4v) is 4.38. The second kappa shape index (κ2) is 5.91. The number of likely N-dealkylation sites (tertiary alicyclic amines) is 1. The fraction of sp³-hybridized carbons (Fsp3) is 0.500. The van der Waals surface area contributed by atoms with E-state index in [1.54, 1.807) is 10.7 Å². The first-order valence-corrected chi connectivity index (χ1v) is 10.4. The van der Waals surface area contributed by atoms with Gasteiger partial charge < -0.3 is 14.9 Å². The molecule has 0 unspecified atom stereocenters. The molecule has 2 aliphatic rings. The van der Waals surface area contributed by atoms with Crippen molar-refractivity contribution in [2.45, 2.75) is 37.5 Å². The van der Waals surface area contributed by atoms with Gasteiger partial charge in [-0.3, -0.25) is 0 Å². The molecule has 1 amide bonds. The number of sulfone groups is 1. The summed E-state index contributed by atoms with van der Waals surface area (Å²) in [5, 5.41) is 13.4. The van der Waals surface area contributed by atoms with Crippen LogP contribution in [0.1, 0.15) is 17.8 Å². The number of amides is 1. The maximum absolute atomic E-state index is 12.1. The number of aromatic nitrogens is 4. The molecule has 0 spiro atoms. The van der Waals surface area contributed by atoms with Crippen LogP contribution in [0.25, 0.3) is 5.82 Å². The van der Waals surface area contributed by atoms with Crippen molar-refractivity contribution in [1.29, 1.82) is 0 Å². The normalized spacial score (nSPS) is 21.9. The molecule has 0 radical (unpaired) electrons. The van der Waals surface area contributed by atoms with Crippen molar-refractivity contribution >= 4 is 21.7 Å². The van der Waals surface area contributed by atoms with Crippen LogP contribution in [-0.2, 0) is 9.84 Å². The van der Waals surface area contributed by atoms with E-state index in [9.17, 15) is 18.3 Å². The Morgan fingerprint density at radius 3 is 2.37 bits per heavy atom. The van der Waals surface area contributed by atoms with Gasteiger partial charge in [-0.05, 0) is 26.3 Å². The van der Waals surface area contributed by atoms with E-state index >= 15 is 0 Å². The van der Waals surface area contributed by atoms with Gasteiger partial charge in [-0.1, -0.05) is 0 Å².